The second kappa shape index (κ2) is 5.09. The minimum absolute atomic E-state index is 0.179. The first-order chi connectivity index (χ1) is 8.16. The van der Waals surface area contributed by atoms with Crippen molar-refractivity contribution in [1.82, 2.24) is 10.6 Å². The summed E-state index contributed by atoms with van der Waals surface area (Å²) in [5, 5.41) is 4.59. The van der Waals surface area contributed by atoms with E-state index in [1.807, 2.05) is 30.3 Å². The maximum absolute atomic E-state index is 11.4. The Hall–Kier alpha value is -1.69. The molecular formula is C11H12N2O3S. The van der Waals surface area contributed by atoms with Gasteiger partial charge in [0.25, 0.3) is 0 Å². The normalized spacial score (nSPS) is 22.3. The lowest BCUT2D eigenvalue weighted by Crippen LogP contribution is -2.66. The van der Waals surface area contributed by atoms with E-state index < -0.39 is 12.1 Å². The van der Waals surface area contributed by atoms with Crippen molar-refractivity contribution >= 4 is 24.6 Å². The Balaban J connectivity index is 1.76. The SMILES string of the molecule is O=C(N[C@H]1C(=O)N[C@H]1S)OCc1ccccc1. The fourth-order valence-electron chi connectivity index (χ4n) is 1.40. The average molecular weight is 252 g/mol. The lowest BCUT2D eigenvalue weighted by molar-refractivity contribution is -0.129. The number of alkyl carbamates (subject to hydrolysis) is 1. The third-order valence-electron chi connectivity index (χ3n) is 2.37. The third-order valence-corrected chi connectivity index (χ3v) is 2.80. The minimum atomic E-state index is -0.618. The number of thiol groups is 1. The number of nitrogens with one attached hydrogen (secondary N) is 2. The van der Waals surface area contributed by atoms with Gasteiger partial charge in [-0.05, 0) is 5.56 Å². The molecule has 2 amide bonds. The van der Waals surface area contributed by atoms with Crippen molar-refractivity contribution in [2.75, 3.05) is 0 Å². The molecule has 1 heterocycles. The lowest BCUT2D eigenvalue weighted by Gasteiger charge is -2.33. The fraction of sp³-hybridized carbons (Fsp3) is 0.273. The zero-order valence-corrected chi connectivity index (χ0v) is 9.81. The van der Waals surface area contributed by atoms with Gasteiger partial charge in [0.2, 0.25) is 5.91 Å². The quantitative estimate of drug-likeness (QED) is 0.547. The Morgan fingerprint density at radius 3 is 2.71 bits per heavy atom. The molecule has 5 nitrogen and oxygen atoms in total. The van der Waals surface area contributed by atoms with E-state index in [0.29, 0.717) is 0 Å². The van der Waals surface area contributed by atoms with Gasteiger partial charge in [-0.3, -0.25) is 4.79 Å². The minimum Gasteiger partial charge on any atom is -0.445 e. The number of ether oxygens (including phenoxy) is 1. The summed E-state index contributed by atoms with van der Waals surface area (Å²) in [5.74, 6) is -0.248. The summed E-state index contributed by atoms with van der Waals surface area (Å²) in [4.78, 5) is 22.4. The highest BCUT2D eigenvalue weighted by Crippen LogP contribution is 2.10. The summed E-state index contributed by atoms with van der Waals surface area (Å²) in [5.41, 5.74) is 0.892. The van der Waals surface area contributed by atoms with Gasteiger partial charge in [0.1, 0.15) is 18.0 Å². The molecule has 1 aliphatic heterocycles. The maximum atomic E-state index is 11.4. The number of rotatable bonds is 3. The molecule has 0 spiro atoms. The molecule has 17 heavy (non-hydrogen) atoms. The van der Waals surface area contributed by atoms with E-state index in [4.69, 9.17) is 4.74 Å². The first-order valence-electron chi connectivity index (χ1n) is 5.12. The molecule has 90 valence electrons. The molecule has 0 aliphatic carbocycles. The number of β-lactam (4-membered cyclic amide) rings is 1. The Morgan fingerprint density at radius 2 is 2.12 bits per heavy atom. The molecule has 0 bridgehead atoms. The summed E-state index contributed by atoms with van der Waals surface area (Å²) in [7, 11) is 0. The van der Waals surface area contributed by atoms with Crippen LogP contribution in [0.5, 0.6) is 0 Å². The summed E-state index contributed by atoms with van der Waals surface area (Å²) in [6, 6.07) is 8.70. The second-order valence-corrected chi connectivity index (χ2v) is 4.19. The van der Waals surface area contributed by atoms with Gasteiger partial charge in [0.05, 0.1) is 0 Å². The van der Waals surface area contributed by atoms with Crippen LogP contribution < -0.4 is 10.6 Å². The van der Waals surface area contributed by atoms with E-state index in [-0.39, 0.29) is 17.9 Å². The summed E-state index contributed by atoms with van der Waals surface area (Å²) < 4.78 is 4.97. The van der Waals surface area contributed by atoms with Gasteiger partial charge in [-0.1, -0.05) is 30.3 Å². The molecule has 0 radical (unpaired) electrons. The molecule has 2 rings (SSSR count). The largest absolute Gasteiger partial charge is 0.445 e. The van der Waals surface area contributed by atoms with Crippen LogP contribution in [-0.4, -0.2) is 23.4 Å². The van der Waals surface area contributed by atoms with E-state index in [1.54, 1.807) is 0 Å². The zero-order chi connectivity index (χ0) is 12.3. The van der Waals surface area contributed by atoms with E-state index in [2.05, 4.69) is 23.3 Å². The van der Waals surface area contributed by atoms with E-state index >= 15 is 0 Å². The van der Waals surface area contributed by atoms with Crippen molar-refractivity contribution in [1.29, 1.82) is 0 Å². The van der Waals surface area contributed by atoms with Crippen LogP contribution in [0.2, 0.25) is 0 Å². The number of hydrogen-bond donors (Lipinski definition) is 3. The smallest absolute Gasteiger partial charge is 0.408 e. The molecule has 0 unspecified atom stereocenters. The van der Waals surface area contributed by atoms with E-state index in [0.717, 1.165) is 5.56 Å². The first-order valence-corrected chi connectivity index (χ1v) is 5.64. The van der Waals surface area contributed by atoms with Gasteiger partial charge >= 0.3 is 6.09 Å². The third kappa shape index (κ3) is 2.91. The molecule has 6 heteroatoms. The zero-order valence-electron chi connectivity index (χ0n) is 8.92. The van der Waals surface area contributed by atoms with Gasteiger partial charge < -0.3 is 15.4 Å². The molecule has 0 saturated carbocycles. The van der Waals surface area contributed by atoms with Crippen molar-refractivity contribution in [3.8, 4) is 0 Å². The molecule has 2 N–H and O–H groups in total. The number of carbonyl (C=O) groups excluding carboxylic acids is 2. The molecule has 1 aliphatic rings. The van der Waals surface area contributed by atoms with Crippen molar-refractivity contribution in [3.63, 3.8) is 0 Å². The van der Waals surface area contributed by atoms with E-state index in [1.165, 1.54) is 0 Å². The number of amides is 2. The van der Waals surface area contributed by atoms with Gasteiger partial charge in [-0.25, -0.2) is 4.79 Å². The standard InChI is InChI=1S/C11H12N2O3S/c14-9-8(10(17)13-9)12-11(15)16-6-7-4-2-1-3-5-7/h1-5,8,10,17H,6H2,(H,12,15)(H,13,14)/t8-,10-/m0/s1. The molecule has 2 atom stereocenters. The molecular weight excluding hydrogens is 240 g/mol. The van der Waals surface area contributed by atoms with Gasteiger partial charge in [-0.15, -0.1) is 0 Å². The summed E-state index contributed by atoms with van der Waals surface area (Å²) in [6.45, 7) is 0.179. The average Bonchev–Trinajstić information content (AvgIpc) is 2.35. The van der Waals surface area contributed by atoms with Crippen molar-refractivity contribution in [2.24, 2.45) is 0 Å². The van der Waals surface area contributed by atoms with Crippen LogP contribution in [0.4, 0.5) is 4.79 Å². The van der Waals surface area contributed by atoms with Gasteiger partial charge in [-0.2, -0.15) is 12.6 Å². The predicted molar refractivity (Wildman–Crippen MR) is 64.5 cm³/mol. The van der Waals surface area contributed by atoms with Crippen LogP contribution in [-0.2, 0) is 16.1 Å². The fourth-order valence-corrected chi connectivity index (χ4v) is 1.74. The van der Waals surface area contributed by atoms with Crippen molar-refractivity contribution < 1.29 is 14.3 Å². The summed E-state index contributed by atoms with van der Waals surface area (Å²) >= 11 is 4.05. The number of hydrogen-bond acceptors (Lipinski definition) is 4. The predicted octanol–water partition coefficient (Wildman–Crippen LogP) is 0.667. The Morgan fingerprint density at radius 1 is 1.41 bits per heavy atom. The number of carbonyl (C=O) groups is 2. The van der Waals surface area contributed by atoms with E-state index in [9.17, 15) is 9.59 Å². The second-order valence-electron chi connectivity index (χ2n) is 3.64. The van der Waals surface area contributed by atoms with Crippen LogP contribution >= 0.6 is 12.6 Å². The Labute approximate surface area is 104 Å². The molecule has 0 aromatic heterocycles. The topological polar surface area (TPSA) is 67.4 Å². The highest BCUT2D eigenvalue weighted by Gasteiger charge is 2.38. The highest BCUT2D eigenvalue weighted by atomic mass is 32.1. The first kappa shape index (κ1) is 11.8. The molecule has 1 saturated heterocycles. The van der Waals surface area contributed by atoms with Crippen molar-refractivity contribution in [3.05, 3.63) is 35.9 Å². The molecule has 1 fully saturated rings. The Bertz CT molecular complexity index is 424. The molecule has 1 aromatic rings. The van der Waals surface area contributed by atoms with Crippen LogP contribution in [0.3, 0.4) is 0 Å². The van der Waals surface area contributed by atoms with Crippen molar-refractivity contribution in [2.45, 2.75) is 18.0 Å². The molecule has 1 aromatic carbocycles. The van der Waals surface area contributed by atoms with Crippen LogP contribution in [0, 0.1) is 0 Å². The van der Waals surface area contributed by atoms with Crippen LogP contribution in [0.1, 0.15) is 5.56 Å². The summed E-state index contributed by atoms with van der Waals surface area (Å²) in [6.07, 6.45) is -0.618. The number of benzene rings is 1. The highest BCUT2D eigenvalue weighted by molar-refractivity contribution is 7.81. The lowest BCUT2D eigenvalue weighted by atomic mass is 10.1. The van der Waals surface area contributed by atoms with Gasteiger partial charge in [0, 0.05) is 0 Å². The monoisotopic (exact) mass is 252 g/mol. The van der Waals surface area contributed by atoms with Crippen LogP contribution in [0.25, 0.3) is 0 Å². The Kier molecular flexibility index (Phi) is 3.53. The maximum Gasteiger partial charge on any atom is 0.408 e. The van der Waals surface area contributed by atoms with Gasteiger partial charge in [0.15, 0.2) is 0 Å². The van der Waals surface area contributed by atoms with Crippen LogP contribution in [0.15, 0.2) is 30.3 Å².